The Bertz CT molecular complexity index is 1480. The summed E-state index contributed by atoms with van der Waals surface area (Å²) in [5.74, 6) is -3.05. The van der Waals surface area contributed by atoms with Crippen molar-refractivity contribution in [1.29, 1.82) is 0 Å². The standard InChI is InChI=1S/C27H29NO12/c1-27(2,3)40-22(32)7-6-15(25(33)34)28-26(35)39-24-20(36-4)8-13(9-21(24)37-5)18-12-17(31)23-16(30)10-14(29)11-19(23)38-18/h8-12,15,29-30H,6-7H2,1-5H3,(H,28,35)(H,33,34)/t15-/m0/s1. The van der Waals surface area contributed by atoms with Crippen molar-refractivity contribution in [2.24, 2.45) is 0 Å². The van der Waals surface area contributed by atoms with Crippen LogP contribution in [0.25, 0.3) is 22.3 Å². The van der Waals surface area contributed by atoms with Crippen LogP contribution < -0.4 is 25.0 Å². The molecular weight excluding hydrogens is 530 g/mol. The molecule has 1 atom stereocenters. The van der Waals surface area contributed by atoms with E-state index in [4.69, 9.17) is 23.4 Å². The van der Waals surface area contributed by atoms with Crippen molar-refractivity contribution in [3.8, 4) is 40.1 Å². The average Bonchev–Trinajstić information content (AvgIpc) is 2.84. The third kappa shape index (κ3) is 7.12. The summed E-state index contributed by atoms with van der Waals surface area (Å²) in [5, 5.41) is 31.3. The molecule has 0 aliphatic carbocycles. The van der Waals surface area contributed by atoms with Gasteiger partial charge in [0.1, 0.15) is 39.9 Å². The number of benzene rings is 2. The van der Waals surface area contributed by atoms with E-state index in [0.29, 0.717) is 0 Å². The zero-order valence-electron chi connectivity index (χ0n) is 22.4. The molecule has 0 bridgehead atoms. The zero-order chi connectivity index (χ0) is 29.8. The number of fused-ring (bicyclic) bond motifs is 1. The van der Waals surface area contributed by atoms with Crippen LogP contribution in [0.1, 0.15) is 33.6 Å². The Hall–Kier alpha value is -4.94. The average molecular weight is 560 g/mol. The topological polar surface area (TPSA) is 191 Å². The molecule has 0 fully saturated rings. The van der Waals surface area contributed by atoms with Gasteiger partial charge in [0, 0.05) is 30.2 Å². The second-order valence-electron chi connectivity index (χ2n) is 9.57. The fraction of sp³-hybridized carbons (Fsp3) is 0.333. The van der Waals surface area contributed by atoms with Gasteiger partial charge in [0.25, 0.3) is 0 Å². The number of hydrogen-bond donors (Lipinski definition) is 4. The van der Waals surface area contributed by atoms with Crippen LogP contribution >= 0.6 is 0 Å². The van der Waals surface area contributed by atoms with E-state index < -0.39 is 40.9 Å². The Morgan fingerprint density at radius 1 is 1.00 bits per heavy atom. The van der Waals surface area contributed by atoms with Gasteiger partial charge >= 0.3 is 18.0 Å². The summed E-state index contributed by atoms with van der Waals surface area (Å²) in [6, 6.07) is 4.57. The predicted octanol–water partition coefficient (Wildman–Crippen LogP) is 3.55. The Morgan fingerprint density at radius 3 is 2.17 bits per heavy atom. The predicted molar refractivity (Wildman–Crippen MR) is 140 cm³/mol. The Labute approximate surface area is 227 Å². The normalized spacial score (nSPS) is 11.9. The lowest BCUT2D eigenvalue weighted by atomic mass is 10.1. The summed E-state index contributed by atoms with van der Waals surface area (Å²) in [6.45, 7) is 5.01. The van der Waals surface area contributed by atoms with Gasteiger partial charge in [-0.05, 0) is 39.3 Å². The largest absolute Gasteiger partial charge is 0.508 e. The number of carboxylic acids is 1. The molecule has 0 saturated carbocycles. The number of amides is 1. The van der Waals surface area contributed by atoms with Crippen LogP contribution in [0, 0.1) is 0 Å². The van der Waals surface area contributed by atoms with E-state index >= 15 is 0 Å². The van der Waals surface area contributed by atoms with Crippen molar-refractivity contribution < 1.29 is 53.1 Å². The lowest BCUT2D eigenvalue weighted by molar-refractivity contribution is -0.155. The van der Waals surface area contributed by atoms with Crippen LogP contribution in [-0.2, 0) is 14.3 Å². The monoisotopic (exact) mass is 559 g/mol. The SMILES string of the molecule is COc1cc(-c2cc(=O)c3c(O)cc(O)cc3o2)cc(OC)c1OC(=O)N[C@@H](CCC(=O)OC(C)(C)C)C(=O)O. The minimum absolute atomic E-state index is 0.0168. The zero-order valence-corrected chi connectivity index (χ0v) is 22.4. The maximum absolute atomic E-state index is 12.6. The van der Waals surface area contributed by atoms with Crippen molar-refractivity contribution in [3.05, 3.63) is 40.6 Å². The third-order valence-electron chi connectivity index (χ3n) is 5.38. The molecule has 0 aliphatic heterocycles. The van der Waals surface area contributed by atoms with Crippen LogP contribution in [0.5, 0.6) is 28.7 Å². The molecule has 0 unspecified atom stereocenters. The molecule has 40 heavy (non-hydrogen) atoms. The lowest BCUT2D eigenvalue weighted by Gasteiger charge is -2.20. The van der Waals surface area contributed by atoms with E-state index in [0.717, 1.165) is 18.2 Å². The highest BCUT2D eigenvalue weighted by atomic mass is 16.6. The fourth-order valence-electron chi connectivity index (χ4n) is 3.70. The summed E-state index contributed by atoms with van der Waals surface area (Å²) in [4.78, 5) is 48.9. The Kier molecular flexibility index (Phi) is 8.77. The van der Waals surface area contributed by atoms with E-state index in [1.807, 2.05) is 0 Å². The van der Waals surface area contributed by atoms with Gasteiger partial charge in [-0.15, -0.1) is 0 Å². The number of rotatable bonds is 9. The maximum atomic E-state index is 12.6. The highest BCUT2D eigenvalue weighted by Gasteiger charge is 2.26. The molecule has 3 rings (SSSR count). The molecule has 0 spiro atoms. The molecule has 3 aromatic rings. The highest BCUT2D eigenvalue weighted by Crippen LogP contribution is 2.42. The Morgan fingerprint density at radius 2 is 1.62 bits per heavy atom. The van der Waals surface area contributed by atoms with E-state index in [9.17, 15) is 34.5 Å². The number of carbonyl (C=O) groups is 3. The molecule has 0 aliphatic rings. The lowest BCUT2D eigenvalue weighted by Crippen LogP contribution is -2.42. The van der Waals surface area contributed by atoms with Gasteiger partial charge in [0.2, 0.25) is 5.75 Å². The summed E-state index contributed by atoms with van der Waals surface area (Å²) >= 11 is 0. The highest BCUT2D eigenvalue weighted by molar-refractivity contribution is 5.86. The van der Waals surface area contributed by atoms with Crippen LogP contribution in [0.4, 0.5) is 4.79 Å². The number of phenols is 2. The number of methoxy groups -OCH3 is 2. The minimum Gasteiger partial charge on any atom is -0.508 e. The maximum Gasteiger partial charge on any atom is 0.413 e. The minimum atomic E-state index is -1.46. The molecule has 0 saturated heterocycles. The van der Waals surface area contributed by atoms with Gasteiger partial charge < -0.3 is 44.0 Å². The van der Waals surface area contributed by atoms with Crippen molar-refractivity contribution >= 4 is 29.0 Å². The molecule has 13 heteroatoms. The van der Waals surface area contributed by atoms with Gasteiger partial charge in [-0.2, -0.15) is 0 Å². The van der Waals surface area contributed by atoms with Gasteiger partial charge in [0.15, 0.2) is 16.9 Å². The number of phenolic OH excluding ortho intramolecular Hbond substituents is 2. The molecule has 0 radical (unpaired) electrons. The first-order valence-corrected chi connectivity index (χ1v) is 11.9. The van der Waals surface area contributed by atoms with Crippen molar-refractivity contribution in [2.75, 3.05) is 14.2 Å². The molecule has 4 N–H and O–H groups in total. The summed E-state index contributed by atoms with van der Waals surface area (Å²) in [7, 11) is 2.55. The molecule has 1 aromatic heterocycles. The fourth-order valence-corrected chi connectivity index (χ4v) is 3.70. The molecule has 2 aromatic carbocycles. The first-order valence-electron chi connectivity index (χ1n) is 11.9. The Balaban J connectivity index is 1.87. The summed E-state index contributed by atoms with van der Waals surface area (Å²) in [6.07, 6.45) is -1.68. The molecule has 214 valence electrons. The third-order valence-corrected chi connectivity index (χ3v) is 5.38. The second kappa shape index (κ2) is 11.8. The van der Waals surface area contributed by atoms with E-state index in [2.05, 4.69) is 5.32 Å². The quantitative estimate of drug-likeness (QED) is 0.279. The number of carboxylic acid groups (broad SMARTS) is 1. The molecule has 13 nitrogen and oxygen atoms in total. The van der Waals surface area contributed by atoms with Gasteiger partial charge in [-0.3, -0.25) is 9.59 Å². The number of aliphatic carboxylic acids is 1. The summed E-state index contributed by atoms with van der Waals surface area (Å²) < 4.78 is 26.8. The van der Waals surface area contributed by atoms with Gasteiger partial charge in [0.05, 0.1) is 14.2 Å². The van der Waals surface area contributed by atoms with Gasteiger partial charge in [-0.1, -0.05) is 0 Å². The first-order chi connectivity index (χ1) is 18.7. The van der Waals surface area contributed by atoms with E-state index in [1.54, 1.807) is 20.8 Å². The number of aromatic hydroxyl groups is 2. The number of ether oxygens (including phenoxy) is 4. The number of nitrogens with one attached hydrogen (secondary N) is 1. The van der Waals surface area contributed by atoms with Crippen molar-refractivity contribution in [1.82, 2.24) is 5.32 Å². The smallest absolute Gasteiger partial charge is 0.413 e. The van der Waals surface area contributed by atoms with E-state index in [-0.39, 0.29) is 58.1 Å². The molecule has 1 heterocycles. The molecular formula is C27H29NO12. The summed E-state index contributed by atoms with van der Waals surface area (Å²) in [5.41, 5.74) is -1.16. The second-order valence-corrected chi connectivity index (χ2v) is 9.57. The van der Waals surface area contributed by atoms with Crippen LogP contribution in [0.15, 0.2) is 39.5 Å². The number of carbonyl (C=O) groups excluding carboxylic acids is 2. The van der Waals surface area contributed by atoms with Crippen LogP contribution in [0.2, 0.25) is 0 Å². The van der Waals surface area contributed by atoms with Crippen LogP contribution in [-0.4, -0.2) is 59.2 Å². The molecule has 1 amide bonds. The van der Waals surface area contributed by atoms with Crippen molar-refractivity contribution in [2.45, 2.75) is 45.3 Å². The van der Waals surface area contributed by atoms with Gasteiger partial charge in [-0.25, -0.2) is 9.59 Å². The first kappa shape index (κ1) is 29.6. The van der Waals surface area contributed by atoms with E-state index in [1.165, 1.54) is 26.4 Å². The van der Waals surface area contributed by atoms with Crippen LogP contribution in [0.3, 0.4) is 0 Å². The number of esters is 1. The number of hydrogen-bond acceptors (Lipinski definition) is 11. The van der Waals surface area contributed by atoms with Crippen molar-refractivity contribution in [3.63, 3.8) is 0 Å².